The number of phosphoric ester groups is 2. The molecule has 0 aliphatic rings. The molecule has 17 nitrogen and oxygen atoms in total. The molecule has 0 aromatic rings. The molecule has 630 valence electrons. The molecule has 0 amide bonds. The second-order valence-corrected chi connectivity index (χ2v) is 35.1. The molecule has 0 aromatic heterocycles. The molecule has 5 atom stereocenters. The molecule has 0 saturated heterocycles. The number of hydrogen-bond donors (Lipinski definition) is 3. The Morgan fingerprint density at radius 2 is 0.434 bits per heavy atom. The van der Waals surface area contributed by atoms with Crippen LogP contribution >= 0.6 is 15.6 Å². The third-order valence-corrected chi connectivity index (χ3v) is 22.4. The van der Waals surface area contributed by atoms with E-state index in [2.05, 4.69) is 41.5 Å². The van der Waals surface area contributed by atoms with E-state index in [0.717, 1.165) is 102 Å². The van der Waals surface area contributed by atoms with Crippen molar-refractivity contribution in [3.63, 3.8) is 0 Å². The number of aliphatic hydroxyl groups excluding tert-OH is 1. The highest BCUT2D eigenvalue weighted by molar-refractivity contribution is 7.47. The second kappa shape index (κ2) is 78.3. The highest BCUT2D eigenvalue weighted by atomic mass is 31.2. The second-order valence-electron chi connectivity index (χ2n) is 32.2. The quantitative estimate of drug-likeness (QED) is 0.0222. The average Bonchev–Trinajstić information content (AvgIpc) is 0.902. The molecular formula is C87H170O17P2. The van der Waals surface area contributed by atoms with Gasteiger partial charge in [0, 0.05) is 25.7 Å². The fourth-order valence-corrected chi connectivity index (χ4v) is 15.2. The van der Waals surface area contributed by atoms with E-state index < -0.39 is 97.5 Å². The molecule has 0 rings (SSSR count). The molecule has 0 bridgehead atoms. The number of rotatable bonds is 86. The molecule has 0 aliphatic carbocycles. The van der Waals surface area contributed by atoms with E-state index in [-0.39, 0.29) is 25.7 Å². The van der Waals surface area contributed by atoms with Crippen molar-refractivity contribution < 1.29 is 80.2 Å². The monoisotopic (exact) mass is 1550 g/mol. The van der Waals surface area contributed by atoms with Gasteiger partial charge in [0.15, 0.2) is 12.2 Å². The van der Waals surface area contributed by atoms with Crippen molar-refractivity contribution in [3.8, 4) is 0 Å². The minimum atomic E-state index is -4.97. The fourth-order valence-electron chi connectivity index (χ4n) is 13.6. The summed E-state index contributed by atoms with van der Waals surface area (Å²) in [6, 6.07) is 0. The number of carbonyl (C=O) groups is 4. The Morgan fingerprint density at radius 3 is 0.642 bits per heavy atom. The van der Waals surface area contributed by atoms with E-state index >= 15 is 0 Å². The summed E-state index contributed by atoms with van der Waals surface area (Å²) in [5.74, 6) is -0.506. The van der Waals surface area contributed by atoms with Crippen molar-refractivity contribution in [2.45, 2.75) is 484 Å². The van der Waals surface area contributed by atoms with E-state index in [1.54, 1.807) is 0 Å². The summed E-state index contributed by atoms with van der Waals surface area (Å²) in [5, 5.41) is 10.7. The van der Waals surface area contributed by atoms with Crippen LogP contribution in [0.25, 0.3) is 0 Å². The summed E-state index contributed by atoms with van der Waals surface area (Å²) in [6.07, 6.45) is 71.0. The average molecular weight is 1550 g/mol. The molecule has 2 unspecified atom stereocenters. The zero-order valence-corrected chi connectivity index (χ0v) is 71.5. The predicted molar refractivity (Wildman–Crippen MR) is 437 cm³/mol. The lowest BCUT2D eigenvalue weighted by molar-refractivity contribution is -0.161. The van der Waals surface area contributed by atoms with Crippen molar-refractivity contribution in [1.29, 1.82) is 0 Å². The van der Waals surface area contributed by atoms with Gasteiger partial charge >= 0.3 is 39.5 Å². The van der Waals surface area contributed by atoms with E-state index in [1.165, 1.54) is 283 Å². The highest BCUT2D eigenvalue weighted by Gasteiger charge is 2.30. The first-order valence-corrected chi connectivity index (χ1v) is 48.0. The summed E-state index contributed by atoms with van der Waals surface area (Å²) in [7, 11) is -9.93. The molecule has 0 aromatic carbocycles. The van der Waals surface area contributed by atoms with E-state index in [0.29, 0.717) is 25.7 Å². The first-order valence-electron chi connectivity index (χ1n) is 45.0. The first kappa shape index (κ1) is 104. The number of carbonyl (C=O) groups excluding carboxylic acids is 4. The van der Waals surface area contributed by atoms with Crippen LogP contribution in [0.4, 0.5) is 0 Å². The van der Waals surface area contributed by atoms with Crippen molar-refractivity contribution in [1.82, 2.24) is 0 Å². The number of ether oxygens (including phenoxy) is 4. The van der Waals surface area contributed by atoms with Crippen LogP contribution in [0.2, 0.25) is 0 Å². The van der Waals surface area contributed by atoms with E-state index in [9.17, 15) is 43.2 Å². The molecule has 0 heterocycles. The largest absolute Gasteiger partial charge is 0.472 e. The Hall–Kier alpha value is -1.94. The Morgan fingerprint density at radius 1 is 0.255 bits per heavy atom. The summed E-state index contributed by atoms with van der Waals surface area (Å²) < 4.78 is 68.9. The van der Waals surface area contributed by atoms with Gasteiger partial charge in [0.05, 0.1) is 26.4 Å². The lowest BCUT2D eigenvalue weighted by Crippen LogP contribution is -2.30. The standard InChI is InChI=1S/C87H170O17P2/c1-7-9-11-13-15-17-18-19-20-21-22-23-24-28-31-34-40-46-52-58-64-70-85(90)98-76-83(104-86(91)71-65-59-53-47-41-35-32-29-26-25-27-30-33-38-44-49-55-61-67-79(3)4)78-102-106(95,96)100-74-81(88)73-99-105(93,94)101-77-82(75-97-84(89)69-63-57-51-43-16-14-12-10-8-2)103-87(92)72-66-60-54-48-42-37-36-39-45-50-56-62-68-80(5)6/h79-83,88H,7-78H2,1-6H3,(H,93,94)(H,95,96)/t81-,82+,83+/m0/s1. The maximum Gasteiger partial charge on any atom is 0.472 e. The first-order chi connectivity index (χ1) is 51.4. The molecule has 19 heteroatoms. The van der Waals surface area contributed by atoms with Gasteiger partial charge < -0.3 is 33.8 Å². The Labute approximate surface area is 651 Å². The molecule has 0 spiro atoms. The maximum atomic E-state index is 13.2. The number of hydrogen-bond acceptors (Lipinski definition) is 15. The van der Waals surface area contributed by atoms with Gasteiger partial charge in [-0.2, -0.15) is 0 Å². The van der Waals surface area contributed by atoms with E-state index in [4.69, 9.17) is 37.0 Å². The van der Waals surface area contributed by atoms with Crippen molar-refractivity contribution in [2.75, 3.05) is 39.6 Å². The third-order valence-electron chi connectivity index (χ3n) is 20.5. The van der Waals surface area contributed by atoms with Crippen molar-refractivity contribution in [2.24, 2.45) is 11.8 Å². The number of phosphoric acid groups is 2. The summed E-state index contributed by atoms with van der Waals surface area (Å²) in [5.41, 5.74) is 0. The van der Waals surface area contributed by atoms with Crippen LogP contribution in [-0.2, 0) is 65.4 Å². The van der Waals surface area contributed by atoms with Crippen LogP contribution in [-0.4, -0.2) is 96.7 Å². The van der Waals surface area contributed by atoms with E-state index in [1.807, 2.05) is 0 Å². The molecule has 106 heavy (non-hydrogen) atoms. The number of unbranched alkanes of at least 4 members (excludes halogenated alkanes) is 56. The molecule has 3 N–H and O–H groups in total. The van der Waals surface area contributed by atoms with Gasteiger partial charge in [0.25, 0.3) is 0 Å². The van der Waals surface area contributed by atoms with Crippen LogP contribution < -0.4 is 0 Å². The minimum absolute atomic E-state index is 0.107. The lowest BCUT2D eigenvalue weighted by atomic mass is 10.0. The summed E-state index contributed by atoms with van der Waals surface area (Å²) in [4.78, 5) is 73.2. The highest BCUT2D eigenvalue weighted by Crippen LogP contribution is 2.45. The fraction of sp³-hybridized carbons (Fsp3) is 0.954. The third kappa shape index (κ3) is 80.1. The zero-order valence-electron chi connectivity index (χ0n) is 69.7. The van der Waals surface area contributed by atoms with Crippen LogP contribution in [0, 0.1) is 11.8 Å². The lowest BCUT2D eigenvalue weighted by Gasteiger charge is -2.21. The van der Waals surface area contributed by atoms with Gasteiger partial charge in [0.2, 0.25) is 0 Å². The Balaban J connectivity index is 5.20. The summed E-state index contributed by atoms with van der Waals surface area (Å²) >= 11 is 0. The molecular weight excluding hydrogens is 1380 g/mol. The molecule has 0 aliphatic heterocycles. The van der Waals surface area contributed by atoms with Crippen LogP contribution in [0.5, 0.6) is 0 Å². The van der Waals surface area contributed by atoms with Gasteiger partial charge in [-0.05, 0) is 37.5 Å². The minimum Gasteiger partial charge on any atom is -0.462 e. The Bertz CT molecular complexity index is 2030. The SMILES string of the molecule is CCCCCCCCCCCCCCCCCCCCCCCC(=O)OC[C@H](COP(=O)(O)OC[C@@H](O)COP(=O)(O)OC[C@@H](COC(=O)CCCCCCCCCCC)OC(=O)CCCCCCCCCCCCCCC(C)C)OC(=O)CCCCCCCCCCCCCCCCCCCCC(C)C. The smallest absolute Gasteiger partial charge is 0.462 e. The van der Waals surface area contributed by atoms with Gasteiger partial charge in [-0.3, -0.25) is 37.3 Å². The van der Waals surface area contributed by atoms with Gasteiger partial charge in [-0.1, -0.05) is 414 Å². The normalized spacial score (nSPS) is 13.8. The van der Waals surface area contributed by atoms with Crippen LogP contribution in [0.15, 0.2) is 0 Å². The van der Waals surface area contributed by atoms with Gasteiger partial charge in [0.1, 0.15) is 19.3 Å². The molecule has 0 radical (unpaired) electrons. The number of esters is 4. The van der Waals surface area contributed by atoms with Gasteiger partial charge in [-0.15, -0.1) is 0 Å². The maximum absolute atomic E-state index is 13.2. The topological polar surface area (TPSA) is 237 Å². The van der Waals surface area contributed by atoms with Crippen LogP contribution in [0.3, 0.4) is 0 Å². The molecule has 0 saturated carbocycles. The van der Waals surface area contributed by atoms with Crippen molar-refractivity contribution in [3.05, 3.63) is 0 Å². The summed E-state index contributed by atoms with van der Waals surface area (Å²) in [6.45, 7) is 9.70. The van der Waals surface area contributed by atoms with Crippen molar-refractivity contribution >= 4 is 39.5 Å². The van der Waals surface area contributed by atoms with Crippen LogP contribution in [0.1, 0.15) is 465 Å². The van der Waals surface area contributed by atoms with Gasteiger partial charge in [-0.25, -0.2) is 9.13 Å². The Kier molecular flexibility index (Phi) is 76.9. The zero-order chi connectivity index (χ0) is 77.8. The molecule has 0 fully saturated rings. The predicted octanol–water partition coefficient (Wildman–Crippen LogP) is 26.6. The number of aliphatic hydroxyl groups is 1.